The van der Waals surface area contributed by atoms with Gasteiger partial charge in [-0.15, -0.1) is 0 Å². The van der Waals surface area contributed by atoms with Crippen molar-refractivity contribution in [3.63, 3.8) is 0 Å². The maximum absolute atomic E-state index is 12.9. The number of hydrogen-bond donors (Lipinski definition) is 3. The Labute approximate surface area is 204 Å². The van der Waals surface area contributed by atoms with Gasteiger partial charge in [0.25, 0.3) is 0 Å². The molecule has 0 saturated heterocycles. The monoisotopic (exact) mass is 472 g/mol. The number of nitrogens with one attached hydrogen (secondary N) is 2. The zero-order chi connectivity index (χ0) is 24.8. The molecule has 7 nitrogen and oxygen atoms in total. The summed E-state index contributed by atoms with van der Waals surface area (Å²) in [6.07, 6.45) is -0.667. The lowest BCUT2D eigenvalue weighted by atomic mass is 9.98. The van der Waals surface area contributed by atoms with E-state index in [1.165, 1.54) is 0 Å². The van der Waals surface area contributed by atoms with Crippen LogP contribution >= 0.6 is 0 Å². The molecule has 1 aliphatic rings. The van der Waals surface area contributed by atoms with Gasteiger partial charge >= 0.3 is 12.1 Å². The molecule has 0 radical (unpaired) electrons. The van der Waals surface area contributed by atoms with Gasteiger partial charge in [0.1, 0.15) is 12.6 Å². The summed E-state index contributed by atoms with van der Waals surface area (Å²) in [7, 11) is 0. The number of amides is 2. The highest BCUT2D eigenvalue weighted by atomic mass is 16.5. The number of alkyl carbamates (subject to hydrolysis) is 1. The van der Waals surface area contributed by atoms with E-state index in [1.807, 2.05) is 66.7 Å². The van der Waals surface area contributed by atoms with Crippen molar-refractivity contribution in [2.75, 3.05) is 6.61 Å². The van der Waals surface area contributed by atoms with Crippen LogP contribution in [-0.4, -0.2) is 41.8 Å². The summed E-state index contributed by atoms with van der Waals surface area (Å²) < 4.78 is 5.60. The number of rotatable bonds is 9. The summed E-state index contributed by atoms with van der Waals surface area (Å²) >= 11 is 0. The summed E-state index contributed by atoms with van der Waals surface area (Å²) in [5.41, 5.74) is 5.32. The van der Waals surface area contributed by atoms with E-state index in [0.29, 0.717) is 0 Å². The van der Waals surface area contributed by atoms with E-state index in [-0.39, 0.29) is 25.4 Å². The van der Waals surface area contributed by atoms with E-state index < -0.39 is 30.1 Å². The summed E-state index contributed by atoms with van der Waals surface area (Å²) in [4.78, 5) is 36.6. The molecule has 2 atom stereocenters. The fourth-order valence-corrected chi connectivity index (χ4v) is 4.50. The molecule has 3 N–H and O–H groups in total. The average molecular weight is 473 g/mol. The Morgan fingerprint density at radius 3 is 2.03 bits per heavy atom. The molecule has 0 heterocycles. The summed E-state index contributed by atoms with van der Waals surface area (Å²) in [5.74, 6) is -1.57. The van der Waals surface area contributed by atoms with Crippen molar-refractivity contribution < 1.29 is 24.2 Å². The molecule has 0 saturated carbocycles. The zero-order valence-electron chi connectivity index (χ0n) is 19.4. The van der Waals surface area contributed by atoms with Crippen LogP contribution in [0.1, 0.15) is 36.0 Å². The number of carbonyl (C=O) groups is 3. The topological polar surface area (TPSA) is 105 Å². The fourth-order valence-electron chi connectivity index (χ4n) is 4.50. The van der Waals surface area contributed by atoms with Crippen LogP contribution < -0.4 is 10.6 Å². The number of carboxylic acids is 1. The molecule has 3 aromatic rings. The smallest absolute Gasteiger partial charge is 0.407 e. The summed E-state index contributed by atoms with van der Waals surface area (Å²) in [6.45, 7) is 1.74. The molecule has 0 aromatic heterocycles. The van der Waals surface area contributed by atoms with Crippen molar-refractivity contribution in [2.45, 2.75) is 37.8 Å². The minimum Gasteiger partial charge on any atom is -0.481 e. The number of ether oxygens (including phenoxy) is 1. The van der Waals surface area contributed by atoms with Crippen LogP contribution in [0.4, 0.5) is 4.79 Å². The first-order valence-electron chi connectivity index (χ1n) is 11.6. The van der Waals surface area contributed by atoms with Crippen molar-refractivity contribution in [2.24, 2.45) is 0 Å². The Bertz CT molecular complexity index is 1170. The molecule has 180 valence electrons. The molecule has 1 aliphatic carbocycles. The molecule has 0 aliphatic heterocycles. The molecular formula is C28H28N2O5. The maximum atomic E-state index is 12.9. The van der Waals surface area contributed by atoms with E-state index in [1.54, 1.807) is 6.92 Å². The minimum atomic E-state index is -1.01. The number of fused-ring (bicyclic) bond motifs is 3. The van der Waals surface area contributed by atoms with Gasteiger partial charge in [-0.3, -0.25) is 9.59 Å². The Hall–Kier alpha value is -4.13. The van der Waals surface area contributed by atoms with E-state index in [9.17, 15) is 14.4 Å². The quantitative estimate of drug-likeness (QED) is 0.435. The lowest BCUT2D eigenvalue weighted by Crippen LogP contribution is -2.50. The van der Waals surface area contributed by atoms with Gasteiger partial charge in [0.05, 0.1) is 6.42 Å². The first kappa shape index (κ1) is 24.0. The molecule has 35 heavy (non-hydrogen) atoms. The molecular weight excluding hydrogens is 444 g/mol. The van der Waals surface area contributed by atoms with Crippen LogP contribution in [0.5, 0.6) is 0 Å². The molecule has 2 amide bonds. The standard InChI is InChI=1S/C28H28N2O5/c1-18(15-26(31)32)29-27(33)25(16-19-9-3-2-4-10-19)30-28(34)35-17-24-22-13-7-5-11-20(22)21-12-6-8-14-23(21)24/h2-14,18,24-25H,15-17H2,1H3,(H,29,33)(H,30,34)(H,31,32)/t18-,25-/m0/s1. The normalized spacial score (nSPS) is 13.7. The first-order chi connectivity index (χ1) is 16.9. The lowest BCUT2D eigenvalue weighted by molar-refractivity contribution is -0.137. The van der Waals surface area contributed by atoms with Crippen molar-refractivity contribution in [3.05, 3.63) is 95.6 Å². The van der Waals surface area contributed by atoms with E-state index >= 15 is 0 Å². The number of hydrogen-bond acceptors (Lipinski definition) is 4. The predicted octanol–water partition coefficient (Wildman–Crippen LogP) is 4.12. The third-order valence-electron chi connectivity index (χ3n) is 6.10. The Morgan fingerprint density at radius 1 is 0.857 bits per heavy atom. The second-order valence-corrected chi connectivity index (χ2v) is 8.72. The average Bonchev–Trinajstić information content (AvgIpc) is 3.16. The Balaban J connectivity index is 1.44. The van der Waals surface area contributed by atoms with Gasteiger partial charge in [-0.25, -0.2) is 4.79 Å². The SMILES string of the molecule is C[C@@H](CC(=O)O)NC(=O)[C@H](Cc1ccccc1)NC(=O)OCC1c2ccccc2-c2ccccc21. The largest absolute Gasteiger partial charge is 0.481 e. The van der Waals surface area contributed by atoms with Gasteiger partial charge in [-0.2, -0.15) is 0 Å². The van der Waals surface area contributed by atoms with Gasteiger partial charge in [0, 0.05) is 18.4 Å². The van der Waals surface area contributed by atoms with Crippen molar-refractivity contribution in [1.82, 2.24) is 10.6 Å². The van der Waals surface area contributed by atoms with Crippen LogP contribution in [0.2, 0.25) is 0 Å². The van der Waals surface area contributed by atoms with Gasteiger partial charge in [0.15, 0.2) is 0 Å². The van der Waals surface area contributed by atoms with E-state index in [4.69, 9.17) is 9.84 Å². The number of carbonyl (C=O) groups excluding carboxylic acids is 2. The second-order valence-electron chi connectivity index (χ2n) is 8.72. The minimum absolute atomic E-state index is 0.0925. The number of carboxylic acid groups (broad SMARTS) is 1. The van der Waals surface area contributed by atoms with Crippen LogP contribution in [-0.2, 0) is 20.7 Å². The molecule has 0 bridgehead atoms. The van der Waals surface area contributed by atoms with Crippen molar-refractivity contribution >= 4 is 18.0 Å². The molecule has 7 heteroatoms. The van der Waals surface area contributed by atoms with E-state index in [2.05, 4.69) is 22.8 Å². The van der Waals surface area contributed by atoms with Crippen molar-refractivity contribution in [1.29, 1.82) is 0 Å². The molecule has 3 aromatic carbocycles. The van der Waals surface area contributed by atoms with Gasteiger partial charge in [-0.05, 0) is 34.7 Å². The third-order valence-corrected chi connectivity index (χ3v) is 6.10. The van der Waals surface area contributed by atoms with Crippen LogP contribution in [0, 0.1) is 0 Å². The van der Waals surface area contributed by atoms with Crippen molar-refractivity contribution in [3.8, 4) is 11.1 Å². The molecule has 4 rings (SSSR count). The molecule has 0 unspecified atom stereocenters. The van der Waals surface area contributed by atoms with Gasteiger partial charge in [-0.1, -0.05) is 78.9 Å². The summed E-state index contributed by atoms with van der Waals surface area (Å²) in [6, 6.07) is 23.9. The highest BCUT2D eigenvalue weighted by Crippen LogP contribution is 2.44. The van der Waals surface area contributed by atoms with Gasteiger partial charge in [0.2, 0.25) is 5.91 Å². The number of benzene rings is 3. The van der Waals surface area contributed by atoms with Crippen LogP contribution in [0.3, 0.4) is 0 Å². The summed E-state index contributed by atoms with van der Waals surface area (Å²) in [5, 5.41) is 14.3. The predicted molar refractivity (Wildman–Crippen MR) is 132 cm³/mol. The Morgan fingerprint density at radius 2 is 1.43 bits per heavy atom. The maximum Gasteiger partial charge on any atom is 0.407 e. The first-order valence-corrected chi connectivity index (χ1v) is 11.6. The number of aliphatic carboxylic acids is 1. The van der Waals surface area contributed by atoms with E-state index in [0.717, 1.165) is 27.8 Å². The van der Waals surface area contributed by atoms with Crippen LogP contribution in [0.15, 0.2) is 78.9 Å². The highest BCUT2D eigenvalue weighted by Gasteiger charge is 2.30. The highest BCUT2D eigenvalue weighted by molar-refractivity contribution is 5.86. The zero-order valence-corrected chi connectivity index (χ0v) is 19.4. The van der Waals surface area contributed by atoms with Crippen LogP contribution in [0.25, 0.3) is 11.1 Å². The molecule has 0 spiro atoms. The molecule has 0 fully saturated rings. The van der Waals surface area contributed by atoms with Gasteiger partial charge < -0.3 is 20.5 Å². The fraction of sp³-hybridized carbons (Fsp3) is 0.250. The second kappa shape index (κ2) is 10.9. The lowest BCUT2D eigenvalue weighted by Gasteiger charge is -2.21. The Kier molecular flexibility index (Phi) is 7.45. The third kappa shape index (κ3) is 5.87.